The Balaban J connectivity index is 4.03. The average molecular weight is 733 g/mol. The maximum Gasteiger partial charge on any atom is 0.268 e. The molecule has 300 valence electrons. The van der Waals surface area contributed by atoms with Crippen molar-refractivity contribution < 1.29 is 32.9 Å². The molecule has 0 aromatic heterocycles. The van der Waals surface area contributed by atoms with Crippen LogP contribution in [-0.4, -0.2) is 68.5 Å². The van der Waals surface area contributed by atoms with E-state index in [-0.39, 0.29) is 19.1 Å². The Hall–Kier alpha value is -0.500. The molecule has 3 atom stereocenters. The van der Waals surface area contributed by atoms with Crippen LogP contribution >= 0.6 is 7.82 Å². The first-order valence-corrected chi connectivity index (χ1v) is 22.8. The summed E-state index contributed by atoms with van der Waals surface area (Å²) >= 11 is 0. The van der Waals surface area contributed by atoms with Gasteiger partial charge in [-0.2, -0.15) is 0 Å². The molecule has 9 heteroatoms. The number of hydrogen-bond acceptors (Lipinski definition) is 6. The number of aliphatic hydroxyl groups is 1. The highest BCUT2D eigenvalue weighted by Crippen LogP contribution is 2.38. The predicted octanol–water partition coefficient (Wildman–Crippen LogP) is 10.8. The van der Waals surface area contributed by atoms with Gasteiger partial charge in [0.05, 0.1) is 39.9 Å². The van der Waals surface area contributed by atoms with Gasteiger partial charge < -0.3 is 28.8 Å². The lowest BCUT2D eigenvalue weighted by Gasteiger charge is -2.30. The van der Waals surface area contributed by atoms with Crippen LogP contribution in [0.1, 0.15) is 206 Å². The summed E-state index contributed by atoms with van der Waals surface area (Å²) in [5.41, 5.74) is 0. The quantitative estimate of drug-likeness (QED) is 0.0370. The number of rotatable bonds is 39. The molecule has 50 heavy (non-hydrogen) atoms. The van der Waals surface area contributed by atoms with Gasteiger partial charge in [0.15, 0.2) is 0 Å². The van der Waals surface area contributed by atoms with Crippen LogP contribution in [0.25, 0.3) is 0 Å². The minimum absolute atomic E-state index is 0.0150. The van der Waals surface area contributed by atoms with Crippen molar-refractivity contribution in [3.63, 3.8) is 0 Å². The molecule has 0 fully saturated rings. The molecule has 0 spiro atoms. The molecule has 0 aliphatic carbocycles. The molecule has 0 bridgehead atoms. The highest BCUT2D eigenvalue weighted by Gasteiger charge is 2.24. The van der Waals surface area contributed by atoms with E-state index in [2.05, 4.69) is 19.2 Å². The Morgan fingerprint density at radius 2 is 0.980 bits per heavy atom. The zero-order valence-electron chi connectivity index (χ0n) is 33.9. The summed E-state index contributed by atoms with van der Waals surface area (Å²) in [5, 5.41) is 13.8. The van der Waals surface area contributed by atoms with Crippen molar-refractivity contribution in [3.05, 3.63) is 0 Å². The molecule has 0 rings (SSSR count). The number of amides is 1. The number of phosphoric ester groups is 1. The number of nitrogens with one attached hydrogen (secondary N) is 1. The molecule has 0 radical (unpaired) electrons. The fraction of sp³-hybridized carbons (Fsp3) is 0.976. The van der Waals surface area contributed by atoms with Gasteiger partial charge in [0, 0.05) is 6.42 Å². The van der Waals surface area contributed by atoms with Crippen LogP contribution in [0.4, 0.5) is 0 Å². The van der Waals surface area contributed by atoms with Gasteiger partial charge in [-0.25, -0.2) is 0 Å². The summed E-state index contributed by atoms with van der Waals surface area (Å²) in [6, 6.07) is -0.790. The van der Waals surface area contributed by atoms with Gasteiger partial charge in [0.2, 0.25) is 5.91 Å². The second-order valence-corrected chi connectivity index (χ2v) is 17.5. The Bertz CT molecular complexity index is 794. The fourth-order valence-corrected chi connectivity index (χ4v) is 7.12. The van der Waals surface area contributed by atoms with E-state index in [1.807, 2.05) is 21.1 Å². The molecule has 0 aliphatic heterocycles. The zero-order valence-corrected chi connectivity index (χ0v) is 34.8. The third-order valence-electron chi connectivity index (χ3n) is 9.85. The zero-order chi connectivity index (χ0) is 37.2. The lowest BCUT2D eigenvalue weighted by atomic mass is 10.0. The Kier molecular flexibility index (Phi) is 33.9. The molecule has 0 aliphatic rings. The van der Waals surface area contributed by atoms with Crippen LogP contribution in [-0.2, 0) is 18.4 Å². The van der Waals surface area contributed by atoms with Gasteiger partial charge in [0.25, 0.3) is 7.82 Å². The number of nitrogens with zero attached hydrogens (tertiary/aromatic N) is 1. The van der Waals surface area contributed by atoms with Crippen molar-refractivity contribution in [2.75, 3.05) is 40.9 Å². The topological polar surface area (TPSA) is 108 Å². The maximum atomic E-state index is 12.6. The van der Waals surface area contributed by atoms with Crippen molar-refractivity contribution in [2.45, 2.75) is 219 Å². The molecule has 0 saturated heterocycles. The van der Waals surface area contributed by atoms with Crippen LogP contribution in [0.5, 0.6) is 0 Å². The second-order valence-electron chi connectivity index (χ2n) is 16.1. The van der Waals surface area contributed by atoms with Gasteiger partial charge in [-0.1, -0.05) is 187 Å². The number of carbonyl (C=O) groups excluding carboxylic acids is 1. The minimum atomic E-state index is -4.54. The summed E-state index contributed by atoms with van der Waals surface area (Å²) in [5.74, 6) is -0.176. The highest BCUT2D eigenvalue weighted by atomic mass is 31.2. The third kappa shape index (κ3) is 35.9. The number of aliphatic hydroxyl groups excluding tert-OH is 1. The van der Waals surface area contributed by atoms with Crippen molar-refractivity contribution >= 4 is 13.7 Å². The van der Waals surface area contributed by atoms with E-state index in [1.54, 1.807) is 0 Å². The minimum Gasteiger partial charge on any atom is -0.756 e. The Labute approximate surface area is 310 Å². The Morgan fingerprint density at radius 3 is 1.36 bits per heavy atom. The van der Waals surface area contributed by atoms with E-state index in [1.165, 1.54) is 128 Å². The van der Waals surface area contributed by atoms with E-state index in [4.69, 9.17) is 9.05 Å². The monoisotopic (exact) mass is 733 g/mol. The van der Waals surface area contributed by atoms with Gasteiger partial charge >= 0.3 is 0 Å². The number of unbranched alkanes of at least 4 members (excludes halogenated alkanes) is 26. The lowest BCUT2D eigenvalue weighted by molar-refractivity contribution is -0.870. The fourth-order valence-electron chi connectivity index (χ4n) is 6.39. The summed E-state index contributed by atoms with van der Waals surface area (Å²) < 4.78 is 23.1. The van der Waals surface area contributed by atoms with E-state index >= 15 is 0 Å². The number of phosphoric acid groups is 1. The summed E-state index contributed by atoms with van der Waals surface area (Å²) in [7, 11) is 1.31. The third-order valence-corrected chi connectivity index (χ3v) is 10.8. The van der Waals surface area contributed by atoms with Crippen LogP contribution in [0, 0.1) is 0 Å². The first kappa shape index (κ1) is 49.5. The van der Waals surface area contributed by atoms with Crippen LogP contribution in [0.2, 0.25) is 0 Å². The number of likely N-dealkylation sites (N-methyl/N-ethyl adjacent to an activating group) is 1. The smallest absolute Gasteiger partial charge is 0.268 e. The van der Waals surface area contributed by atoms with Crippen molar-refractivity contribution in [3.8, 4) is 0 Å². The Morgan fingerprint density at radius 1 is 0.620 bits per heavy atom. The summed E-state index contributed by atoms with van der Waals surface area (Å²) in [6.45, 7) is 4.64. The molecule has 8 nitrogen and oxygen atoms in total. The van der Waals surface area contributed by atoms with E-state index in [9.17, 15) is 19.4 Å². The molecule has 2 N–H and O–H groups in total. The van der Waals surface area contributed by atoms with Crippen LogP contribution < -0.4 is 10.2 Å². The van der Waals surface area contributed by atoms with Gasteiger partial charge in [-0.15, -0.1) is 0 Å². The standard InChI is InChI=1S/C41H85N2O6P/c1-6-8-10-12-13-14-15-16-17-18-19-20-21-22-23-24-25-26-27-28-29-31-32-34-40(44)39(42-41(45)35-33-30-11-9-7-2)38-49-50(46,47)48-37-36-43(3,4)5/h39-40,44H,6-38H2,1-5H3,(H-,42,45,46,47). The second kappa shape index (κ2) is 34.3. The predicted molar refractivity (Wildman–Crippen MR) is 210 cm³/mol. The summed E-state index contributed by atoms with van der Waals surface area (Å²) in [6.07, 6.45) is 35.8. The lowest BCUT2D eigenvalue weighted by Crippen LogP contribution is -2.46. The molecule has 0 aromatic carbocycles. The number of carbonyl (C=O) groups is 1. The van der Waals surface area contributed by atoms with Crippen molar-refractivity contribution in [1.29, 1.82) is 0 Å². The average Bonchev–Trinajstić information content (AvgIpc) is 3.06. The number of hydrogen-bond donors (Lipinski definition) is 2. The largest absolute Gasteiger partial charge is 0.756 e. The molecule has 3 unspecified atom stereocenters. The van der Waals surface area contributed by atoms with Crippen molar-refractivity contribution in [1.82, 2.24) is 5.32 Å². The van der Waals surface area contributed by atoms with Crippen LogP contribution in [0.3, 0.4) is 0 Å². The normalized spacial score (nSPS) is 14.5. The van der Waals surface area contributed by atoms with Gasteiger partial charge in [0.1, 0.15) is 13.2 Å². The van der Waals surface area contributed by atoms with E-state index in [0.717, 1.165) is 51.4 Å². The number of quaternary nitrogens is 1. The van der Waals surface area contributed by atoms with Crippen LogP contribution in [0.15, 0.2) is 0 Å². The van der Waals surface area contributed by atoms with E-state index in [0.29, 0.717) is 23.9 Å². The maximum absolute atomic E-state index is 12.6. The molecule has 0 aromatic rings. The highest BCUT2D eigenvalue weighted by molar-refractivity contribution is 7.45. The molecule has 0 heterocycles. The summed E-state index contributed by atoms with van der Waals surface area (Å²) in [4.78, 5) is 25.0. The first-order chi connectivity index (χ1) is 24.0. The molecular weight excluding hydrogens is 647 g/mol. The van der Waals surface area contributed by atoms with Gasteiger partial charge in [-0.05, 0) is 12.8 Å². The molecule has 1 amide bonds. The van der Waals surface area contributed by atoms with Gasteiger partial charge in [-0.3, -0.25) is 9.36 Å². The SMILES string of the molecule is CCCCCCCCCCCCCCCCCCCCCCCCCC(O)C(COP(=O)([O-])OCC[N+](C)(C)C)NC(=O)CCCCCCC. The first-order valence-electron chi connectivity index (χ1n) is 21.4. The van der Waals surface area contributed by atoms with Crippen molar-refractivity contribution in [2.24, 2.45) is 0 Å². The molecular formula is C41H85N2O6P. The molecule has 0 saturated carbocycles. The van der Waals surface area contributed by atoms with E-state index < -0.39 is 20.0 Å².